The van der Waals surface area contributed by atoms with Crippen LogP contribution in [-0.2, 0) is 16.0 Å². The minimum absolute atomic E-state index is 0.170. The minimum atomic E-state index is -0.585. The molecular weight excluding hydrogens is 482 g/mol. The van der Waals surface area contributed by atoms with Gasteiger partial charge in [0.1, 0.15) is 19.0 Å². The molecule has 0 saturated heterocycles. The number of methoxy groups -OCH3 is 1. The quantitative estimate of drug-likeness (QED) is 0.297. The van der Waals surface area contributed by atoms with Crippen molar-refractivity contribution in [3.8, 4) is 16.9 Å². The van der Waals surface area contributed by atoms with E-state index >= 15 is 0 Å². The molecule has 2 aromatic heterocycles. The fourth-order valence-electron chi connectivity index (χ4n) is 4.73. The molecule has 0 fully saturated rings. The molecule has 192 valence electrons. The Morgan fingerprint density at radius 2 is 1.92 bits per heavy atom. The lowest BCUT2D eigenvalue weighted by Gasteiger charge is -2.23. The normalized spacial score (nSPS) is 13.1. The van der Waals surface area contributed by atoms with Crippen LogP contribution in [0.15, 0.2) is 72.9 Å². The van der Waals surface area contributed by atoms with Gasteiger partial charge in [-0.05, 0) is 47.5 Å². The number of amides is 1. The largest absolute Gasteiger partial charge is 0.491 e. The second-order valence-corrected chi connectivity index (χ2v) is 9.01. The van der Waals surface area contributed by atoms with Gasteiger partial charge in [-0.3, -0.25) is 10.3 Å². The monoisotopic (exact) mass is 509 g/mol. The average Bonchev–Trinajstić information content (AvgIpc) is 3.21. The molecule has 9 heteroatoms. The van der Waals surface area contributed by atoms with E-state index in [4.69, 9.17) is 14.2 Å². The summed E-state index contributed by atoms with van der Waals surface area (Å²) in [5, 5.41) is 3.75. The van der Waals surface area contributed by atoms with Crippen LogP contribution in [0, 0.1) is 0 Å². The second kappa shape index (κ2) is 10.4. The van der Waals surface area contributed by atoms with Gasteiger partial charge in [-0.2, -0.15) is 0 Å². The van der Waals surface area contributed by atoms with E-state index in [9.17, 15) is 4.79 Å². The van der Waals surface area contributed by atoms with Gasteiger partial charge in [0.15, 0.2) is 0 Å². The van der Waals surface area contributed by atoms with Crippen molar-refractivity contribution in [1.29, 1.82) is 0 Å². The van der Waals surface area contributed by atoms with Crippen molar-refractivity contribution in [3.05, 3.63) is 78.5 Å². The van der Waals surface area contributed by atoms with Gasteiger partial charge in [-0.25, -0.2) is 9.78 Å². The number of fused-ring (bicyclic) bond motifs is 3. The number of hydrogen-bond donors (Lipinski definition) is 2. The number of pyridine rings is 1. The fourth-order valence-corrected chi connectivity index (χ4v) is 4.73. The van der Waals surface area contributed by atoms with Crippen molar-refractivity contribution >= 4 is 39.7 Å². The number of ether oxygens (including phenoxy) is 3. The van der Waals surface area contributed by atoms with Crippen LogP contribution in [0.2, 0.25) is 0 Å². The maximum Gasteiger partial charge on any atom is 0.414 e. The zero-order chi connectivity index (χ0) is 25.9. The highest BCUT2D eigenvalue weighted by Gasteiger charge is 2.19. The van der Waals surface area contributed by atoms with Gasteiger partial charge in [0.05, 0.1) is 29.7 Å². The molecule has 38 heavy (non-hydrogen) atoms. The molecule has 0 spiro atoms. The molecule has 0 aliphatic carbocycles. The van der Waals surface area contributed by atoms with E-state index in [1.807, 2.05) is 48.7 Å². The van der Waals surface area contributed by atoms with Gasteiger partial charge in [-0.1, -0.05) is 30.3 Å². The number of nitrogens with zero attached hydrogens (tertiary/aromatic N) is 3. The number of rotatable bonds is 6. The molecule has 6 rings (SSSR count). The molecular formula is C29H27N5O4. The Bertz CT molecular complexity index is 1610. The van der Waals surface area contributed by atoms with E-state index < -0.39 is 6.09 Å². The zero-order valence-electron chi connectivity index (χ0n) is 20.9. The molecule has 0 radical (unpaired) electrons. The molecule has 2 N–H and O–H groups in total. The Labute approximate surface area is 219 Å². The number of imidazole rings is 1. The number of hydrogen-bond acceptors (Lipinski definition) is 7. The van der Waals surface area contributed by atoms with E-state index in [1.165, 1.54) is 0 Å². The summed E-state index contributed by atoms with van der Waals surface area (Å²) in [7, 11) is 1.55. The molecule has 9 nitrogen and oxygen atoms in total. The standard InChI is InChI=1S/C29H27N5O4/c1-36-14-15-38-29(35)33-28-31-24-8-6-20(17-25(24)32-28)19-7-9-27-21(16-19)18-34(12-13-37-27)26-10-11-30-23-5-3-2-4-22(23)26/h2-11,16-17H,12-15,18H2,1H3,(H2,31,32,33,35). The third-order valence-electron chi connectivity index (χ3n) is 6.56. The topological polar surface area (TPSA) is 102 Å². The van der Waals surface area contributed by atoms with E-state index in [-0.39, 0.29) is 6.61 Å². The Hall–Kier alpha value is -4.63. The fraction of sp³-hybridized carbons (Fsp3) is 0.207. The van der Waals surface area contributed by atoms with Crippen LogP contribution in [0.25, 0.3) is 33.1 Å². The highest BCUT2D eigenvalue weighted by molar-refractivity contribution is 5.92. The molecule has 1 amide bonds. The van der Waals surface area contributed by atoms with Gasteiger partial charge >= 0.3 is 6.09 Å². The zero-order valence-corrected chi connectivity index (χ0v) is 20.9. The summed E-state index contributed by atoms with van der Waals surface area (Å²) < 4.78 is 16.1. The van der Waals surface area contributed by atoms with Crippen LogP contribution in [-0.4, -0.2) is 54.5 Å². The summed E-state index contributed by atoms with van der Waals surface area (Å²) in [6.07, 6.45) is 1.28. The summed E-state index contributed by atoms with van der Waals surface area (Å²) in [6.45, 7) is 2.61. The number of aromatic amines is 1. The first-order valence-electron chi connectivity index (χ1n) is 12.5. The predicted molar refractivity (Wildman–Crippen MR) is 147 cm³/mol. The number of aromatic nitrogens is 3. The summed E-state index contributed by atoms with van der Waals surface area (Å²) in [5.74, 6) is 1.23. The highest BCUT2D eigenvalue weighted by Crippen LogP contribution is 2.34. The third kappa shape index (κ3) is 4.83. The lowest BCUT2D eigenvalue weighted by Crippen LogP contribution is -2.25. The maximum atomic E-state index is 12.0. The average molecular weight is 510 g/mol. The first kappa shape index (κ1) is 23.7. The number of H-pyrrole nitrogens is 1. The van der Waals surface area contributed by atoms with Gasteiger partial charge in [0, 0.05) is 36.5 Å². The van der Waals surface area contributed by atoms with E-state index in [0.717, 1.165) is 63.2 Å². The number of carbonyl (C=O) groups is 1. The van der Waals surface area contributed by atoms with Gasteiger partial charge in [-0.15, -0.1) is 0 Å². The number of carbonyl (C=O) groups excluding carboxylic acids is 1. The molecule has 0 saturated carbocycles. The second-order valence-electron chi connectivity index (χ2n) is 9.01. The highest BCUT2D eigenvalue weighted by atomic mass is 16.6. The molecule has 0 unspecified atom stereocenters. The molecule has 1 aliphatic rings. The molecule has 3 heterocycles. The lowest BCUT2D eigenvalue weighted by atomic mass is 10.0. The first-order chi connectivity index (χ1) is 18.7. The Morgan fingerprint density at radius 3 is 2.84 bits per heavy atom. The van der Waals surface area contributed by atoms with E-state index in [2.05, 4.69) is 49.4 Å². The van der Waals surface area contributed by atoms with Crippen LogP contribution >= 0.6 is 0 Å². The number of nitrogens with one attached hydrogen (secondary N) is 2. The van der Waals surface area contributed by atoms with Gasteiger partial charge in [0.25, 0.3) is 0 Å². The number of para-hydroxylation sites is 1. The van der Waals surface area contributed by atoms with Crippen LogP contribution < -0.4 is 15.0 Å². The van der Waals surface area contributed by atoms with Crippen molar-refractivity contribution in [2.45, 2.75) is 6.54 Å². The van der Waals surface area contributed by atoms with Crippen LogP contribution in [0.3, 0.4) is 0 Å². The smallest absolute Gasteiger partial charge is 0.414 e. The van der Waals surface area contributed by atoms with Gasteiger partial charge < -0.3 is 24.1 Å². The Morgan fingerprint density at radius 1 is 1.05 bits per heavy atom. The summed E-state index contributed by atoms with van der Waals surface area (Å²) in [6, 6.07) is 22.6. The maximum absolute atomic E-state index is 12.0. The van der Waals surface area contributed by atoms with Crippen LogP contribution in [0.5, 0.6) is 5.75 Å². The lowest BCUT2D eigenvalue weighted by molar-refractivity contribution is 0.107. The van der Waals surface area contributed by atoms with Crippen LogP contribution in [0.1, 0.15) is 5.56 Å². The van der Waals surface area contributed by atoms with Gasteiger partial charge in [0.2, 0.25) is 5.95 Å². The van der Waals surface area contributed by atoms with Crippen molar-refractivity contribution in [2.24, 2.45) is 0 Å². The first-order valence-corrected chi connectivity index (χ1v) is 12.5. The molecule has 5 aromatic rings. The summed E-state index contributed by atoms with van der Waals surface area (Å²) >= 11 is 0. The van der Waals surface area contributed by atoms with Crippen molar-refractivity contribution in [2.75, 3.05) is 43.7 Å². The van der Waals surface area contributed by atoms with Crippen LogP contribution in [0.4, 0.5) is 16.4 Å². The third-order valence-corrected chi connectivity index (χ3v) is 6.56. The SMILES string of the molecule is COCCOC(=O)Nc1nc2ccc(-c3ccc4c(c3)CN(c3ccnc5ccccc35)CCO4)cc2[nH]1. The van der Waals surface area contributed by atoms with E-state index in [0.29, 0.717) is 19.2 Å². The molecule has 3 aromatic carbocycles. The van der Waals surface area contributed by atoms with E-state index in [1.54, 1.807) is 7.11 Å². The predicted octanol–water partition coefficient (Wildman–Crippen LogP) is 5.37. The molecule has 1 aliphatic heterocycles. The molecule has 0 bridgehead atoms. The minimum Gasteiger partial charge on any atom is -0.491 e. The van der Waals surface area contributed by atoms with Crippen molar-refractivity contribution in [1.82, 2.24) is 15.0 Å². The summed E-state index contributed by atoms with van der Waals surface area (Å²) in [5.41, 5.74) is 6.90. The number of anilines is 2. The number of benzene rings is 3. The van der Waals surface area contributed by atoms with Crippen molar-refractivity contribution < 1.29 is 19.0 Å². The molecule has 0 atom stereocenters. The Kier molecular flexibility index (Phi) is 6.49. The van der Waals surface area contributed by atoms with Crippen molar-refractivity contribution in [3.63, 3.8) is 0 Å². The Balaban J connectivity index is 1.26. The summed E-state index contributed by atoms with van der Waals surface area (Å²) in [4.78, 5) is 26.4.